The van der Waals surface area contributed by atoms with Gasteiger partial charge in [0.2, 0.25) is 5.91 Å². The maximum absolute atomic E-state index is 13.2. The lowest BCUT2D eigenvalue weighted by atomic mass is 10.0. The van der Waals surface area contributed by atoms with E-state index < -0.39 is 24.1 Å². The lowest BCUT2D eigenvalue weighted by Crippen LogP contribution is -2.40. The van der Waals surface area contributed by atoms with Gasteiger partial charge in [-0.1, -0.05) is 6.07 Å². The van der Waals surface area contributed by atoms with Gasteiger partial charge in [-0.3, -0.25) is 14.8 Å². The Kier molecular flexibility index (Phi) is 7.11. The van der Waals surface area contributed by atoms with Crippen molar-refractivity contribution in [3.05, 3.63) is 47.5 Å². The van der Waals surface area contributed by atoms with Crippen molar-refractivity contribution in [3.63, 3.8) is 0 Å². The number of carbonyl (C=O) groups excluding carboxylic acids is 1. The quantitative estimate of drug-likeness (QED) is 0.729. The minimum Gasteiger partial charge on any atom is -0.349 e. The van der Waals surface area contributed by atoms with Gasteiger partial charge in [0.05, 0.1) is 23.8 Å². The molecule has 1 aliphatic heterocycles. The predicted molar refractivity (Wildman–Crippen MR) is 97.6 cm³/mol. The lowest BCUT2D eigenvalue weighted by Gasteiger charge is -2.12. The Labute approximate surface area is 169 Å². The number of hydrogen-bond donors (Lipinski definition) is 2. The molecule has 1 fully saturated rings. The Bertz CT molecular complexity index is 914. The average Bonchev–Trinajstić information content (AvgIpc) is 3.12. The molecule has 154 valence electrons. The minimum atomic E-state index is -4.56. The van der Waals surface area contributed by atoms with Crippen LogP contribution < -0.4 is 10.6 Å². The van der Waals surface area contributed by atoms with Crippen molar-refractivity contribution < 1.29 is 22.4 Å². The number of aromatic nitrogens is 2. The molecule has 0 saturated carbocycles. The molecule has 3 rings (SSSR count). The summed E-state index contributed by atoms with van der Waals surface area (Å²) in [7, 11) is 0. The second kappa shape index (κ2) is 9.15. The number of nitrogens with zero attached hydrogens (tertiary/aromatic N) is 3. The van der Waals surface area contributed by atoms with Crippen LogP contribution in [0.4, 0.5) is 17.6 Å². The van der Waals surface area contributed by atoms with Gasteiger partial charge < -0.3 is 10.6 Å². The Balaban J connectivity index is 0.00000300. The van der Waals surface area contributed by atoms with Crippen molar-refractivity contribution in [1.29, 1.82) is 5.26 Å². The zero-order chi connectivity index (χ0) is 20.3. The van der Waals surface area contributed by atoms with Crippen molar-refractivity contribution in [2.75, 3.05) is 6.54 Å². The summed E-state index contributed by atoms with van der Waals surface area (Å²) in [4.78, 5) is 19.5. The van der Waals surface area contributed by atoms with Gasteiger partial charge in [-0.05, 0) is 12.1 Å². The van der Waals surface area contributed by atoms with Gasteiger partial charge in [0, 0.05) is 36.5 Å². The average molecular weight is 430 g/mol. The largest absolute Gasteiger partial charge is 0.433 e. The first kappa shape index (κ1) is 22.5. The molecule has 6 nitrogen and oxygen atoms in total. The first-order valence-electron chi connectivity index (χ1n) is 8.35. The second-order valence-corrected chi connectivity index (χ2v) is 6.27. The summed E-state index contributed by atoms with van der Waals surface area (Å²) in [6.45, 7) is 0.152. The number of amides is 1. The van der Waals surface area contributed by atoms with E-state index in [1.807, 2.05) is 6.07 Å². The fraction of sp³-hybridized carbons (Fsp3) is 0.333. The van der Waals surface area contributed by atoms with E-state index >= 15 is 0 Å². The van der Waals surface area contributed by atoms with Crippen LogP contribution in [0.15, 0.2) is 30.6 Å². The summed E-state index contributed by atoms with van der Waals surface area (Å²) in [5.41, 5.74) is 0.195. The van der Waals surface area contributed by atoms with E-state index in [1.165, 1.54) is 18.3 Å². The van der Waals surface area contributed by atoms with Crippen LogP contribution in [-0.4, -0.2) is 34.6 Å². The SMILES string of the molecule is Cl.N#Cc1cnc(CNC(=O)[C@@H]2C[C@@H](F)CN2)cc1-c1ccc(C(F)(F)F)nc1. The maximum atomic E-state index is 13.2. The molecule has 2 N–H and O–H groups in total. The van der Waals surface area contributed by atoms with E-state index in [2.05, 4.69) is 20.6 Å². The number of alkyl halides is 4. The molecule has 0 aliphatic carbocycles. The number of pyridine rings is 2. The molecular weight excluding hydrogens is 414 g/mol. The van der Waals surface area contributed by atoms with Crippen molar-refractivity contribution in [2.45, 2.75) is 31.4 Å². The maximum Gasteiger partial charge on any atom is 0.433 e. The van der Waals surface area contributed by atoms with Gasteiger partial charge in [0.15, 0.2) is 0 Å². The molecule has 1 amide bonds. The van der Waals surface area contributed by atoms with E-state index in [4.69, 9.17) is 0 Å². The third-order valence-corrected chi connectivity index (χ3v) is 4.28. The summed E-state index contributed by atoms with van der Waals surface area (Å²) in [6.07, 6.45) is -3.22. The third-order valence-electron chi connectivity index (χ3n) is 4.28. The first-order valence-corrected chi connectivity index (χ1v) is 8.35. The Morgan fingerprint density at radius 2 is 2.07 bits per heavy atom. The molecular formula is C18H16ClF4N5O. The number of carbonyl (C=O) groups is 1. The fourth-order valence-corrected chi connectivity index (χ4v) is 2.84. The summed E-state index contributed by atoms with van der Waals surface area (Å²) in [6, 6.07) is 4.86. The molecule has 0 bridgehead atoms. The van der Waals surface area contributed by atoms with Crippen LogP contribution in [0.25, 0.3) is 11.1 Å². The first-order chi connectivity index (χ1) is 13.3. The molecule has 1 saturated heterocycles. The summed E-state index contributed by atoms with van der Waals surface area (Å²) >= 11 is 0. The van der Waals surface area contributed by atoms with E-state index in [9.17, 15) is 27.6 Å². The molecule has 2 atom stereocenters. The monoisotopic (exact) mass is 429 g/mol. The highest BCUT2D eigenvalue weighted by Gasteiger charge is 2.32. The van der Waals surface area contributed by atoms with Crippen molar-refractivity contribution in [3.8, 4) is 17.2 Å². The number of nitrogens with one attached hydrogen (secondary N) is 2. The lowest BCUT2D eigenvalue weighted by molar-refractivity contribution is -0.141. The summed E-state index contributed by atoms with van der Waals surface area (Å²) in [5, 5.41) is 14.6. The van der Waals surface area contributed by atoms with Crippen LogP contribution in [0.5, 0.6) is 0 Å². The summed E-state index contributed by atoms with van der Waals surface area (Å²) < 4.78 is 51.2. The van der Waals surface area contributed by atoms with Crippen LogP contribution in [0.2, 0.25) is 0 Å². The molecule has 11 heteroatoms. The Hall–Kier alpha value is -2.77. The molecule has 0 aromatic carbocycles. The summed E-state index contributed by atoms with van der Waals surface area (Å²) in [5.74, 6) is -0.371. The molecule has 0 unspecified atom stereocenters. The number of rotatable bonds is 4. The Morgan fingerprint density at radius 3 is 2.62 bits per heavy atom. The van der Waals surface area contributed by atoms with Crippen LogP contribution in [0, 0.1) is 11.3 Å². The molecule has 2 aromatic rings. The molecule has 1 aliphatic rings. The van der Waals surface area contributed by atoms with Crippen LogP contribution >= 0.6 is 12.4 Å². The van der Waals surface area contributed by atoms with Gasteiger partial charge in [-0.15, -0.1) is 12.4 Å². The van der Waals surface area contributed by atoms with E-state index in [-0.39, 0.29) is 43.4 Å². The molecule has 3 heterocycles. The van der Waals surface area contributed by atoms with Gasteiger partial charge >= 0.3 is 6.18 Å². The van der Waals surface area contributed by atoms with Gasteiger partial charge in [0.1, 0.15) is 17.9 Å². The van der Waals surface area contributed by atoms with Crippen LogP contribution in [0.1, 0.15) is 23.4 Å². The zero-order valence-electron chi connectivity index (χ0n) is 14.8. The molecule has 29 heavy (non-hydrogen) atoms. The molecule has 0 radical (unpaired) electrons. The number of nitriles is 1. The highest BCUT2D eigenvalue weighted by Crippen LogP contribution is 2.30. The van der Waals surface area contributed by atoms with Gasteiger partial charge in [0.25, 0.3) is 0 Å². The second-order valence-electron chi connectivity index (χ2n) is 6.27. The van der Waals surface area contributed by atoms with Crippen molar-refractivity contribution in [2.24, 2.45) is 0 Å². The van der Waals surface area contributed by atoms with Crippen LogP contribution in [0.3, 0.4) is 0 Å². The highest BCUT2D eigenvalue weighted by atomic mass is 35.5. The van der Waals surface area contributed by atoms with Crippen molar-refractivity contribution >= 4 is 18.3 Å². The molecule has 2 aromatic heterocycles. The fourth-order valence-electron chi connectivity index (χ4n) is 2.84. The number of hydrogen-bond acceptors (Lipinski definition) is 5. The van der Waals surface area contributed by atoms with E-state index in [0.717, 1.165) is 12.3 Å². The van der Waals surface area contributed by atoms with E-state index in [1.54, 1.807) is 0 Å². The number of halogens is 5. The predicted octanol–water partition coefficient (Wildman–Crippen LogP) is 2.77. The smallest absolute Gasteiger partial charge is 0.349 e. The van der Waals surface area contributed by atoms with E-state index in [0.29, 0.717) is 16.8 Å². The zero-order valence-corrected chi connectivity index (χ0v) is 15.6. The molecule has 0 spiro atoms. The highest BCUT2D eigenvalue weighted by molar-refractivity contribution is 5.85. The topological polar surface area (TPSA) is 90.7 Å². The standard InChI is InChI=1S/C18H15F4N5O.ClH/c19-12-3-15(25-8-12)17(28)27-9-13-4-14(11(5-23)7-24-13)10-1-2-16(26-6-10)18(20,21)22;/h1-2,4,6-7,12,15,25H,3,8-9H2,(H,27,28);1H/t12-,15+;/m1./s1. The Morgan fingerprint density at radius 1 is 1.31 bits per heavy atom. The van der Waals surface area contributed by atoms with Crippen LogP contribution in [-0.2, 0) is 17.5 Å². The normalized spacial score (nSPS) is 18.6. The minimum absolute atomic E-state index is 0. The van der Waals surface area contributed by atoms with Gasteiger partial charge in [-0.2, -0.15) is 18.4 Å². The third kappa shape index (κ3) is 5.40. The van der Waals surface area contributed by atoms with Gasteiger partial charge in [-0.25, -0.2) is 4.39 Å². The van der Waals surface area contributed by atoms with Crippen molar-refractivity contribution in [1.82, 2.24) is 20.6 Å².